The summed E-state index contributed by atoms with van der Waals surface area (Å²) in [5.41, 5.74) is 0.0605. The molecule has 0 fully saturated rings. The van der Waals surface area contributed by atoms with E-state index >= 15 is 0 Å². The lowest BCUT2D eigenvalue weighted by atomic mass is 10.3. The van der Waals surface area contributed by atoms with Crippen LogP contribution < -0.4 is 5.32 Å². The van der Waals surface area contributed by atoms with Crippen LogP contribution in [0.4, 0.5) is 23.2 Å². The van der Waals surface area contributed by atoms with Crippen molar-refractivity contribution in [3.05, 3.63) is 29.0 Å². The van der Waals surface area contributed by atoms with E-state index in [9.17, 15) is 17.6 Å². The van der Waals surface area contributed by atoms with Gasteiger partial charge in [0, 0.05) is 0 Å². The SMILES string of the molecule is Fc1ccc(NCC(F)(F)F)c(Cl)c1. The Morgan fingerprint density at radius 3 is 2.43 bits per heavy atom. The number of rotatable bonds is 2. The smallest absolute Gasteiger partial charge is 0.375 e. The van der Waals surface area contributed by atoms with Gasteiger partial charge in [-0.1, -0.05) is 11.6 Å². The number of alkyl halides is 3. The Hall–Kier alpha value is -0.970. The summed E-state index contributed by atoms with van der Waals surface area (Å²) in [6.07, 6.45) is -4.32. The quantitative estimate of drug-likeness (QED) is 0.763. The summed E-state index contributed by atoms with van der Waals surface area (Å²) in [5.74, 6) is -0.590. The molecule has 0 aliphatic rings. The molecule has 0 aliphatic heterocycles. The number of hydrogen-bond donors (Lipinski definition) is 1. The van der Waals surface area contributed by atoms with Crippen molar-refractivity contribution < 1.29 is 17.6 Å². The molecule has 0 aromatic heterocycles. The van der Waals surface area contributed by atoms with Crippen LogP contribution in [0.25, 0.3) is 0 Å². The Balaban J connectivity index is 2.68. The zero-order chi connectivity index (χ0) is 10.8. The van der Waals surface area contributed by atoms with E-state index in [0.29, 0.717) is 0 Å². The minimum atomic E-state index is -4.32. The first-order valence-electron chi connectivity index (χ1n) is 3.64. The van der Waals surface area contributed by atoms with Crippen molar-refractivity contribution >= 4 is 17.3 Å². The largest absolute Gasteiger partial charge is 0.405 e. The van der Waals surface area contributed by atoms with Crippen LogP contribution in [0, 0.1) is 5.82 Å². The zero-order valence-corrected chi connectivity index (χ0v) is 7.58. The first kappa shape index (κ1) is 11.1. The Morgan fingerprint density at radius 1 is 1.29 bits per heavy atom. The average Bonchev–Trinajstić information content (AvgIpc) is 2.00. The van der Waals surface area contributed by atoms with E-state index in [1.165, 1.54) is 0 Å². The van der Waals surface area contributed by atoms with E-state index < -0.39 is 18.5 Å². The average molecular weight is 228 g/mol. The molecule has 14 heavy (non-hydrogen) atoms. The molecule has 1 nitrogen and oxygen atoms in total. The normalized spacial score (nSPS) is 11.5. The zero-order valence-electron chi connectivity index (χ0n) is 6.83. The maximum atomic E-state index is 12.5. The number of halogens is 5. The third kappa shape index (κ3) is 3.41. The van der Waals surface area contributed by atoms with Crippen molar-refractivity contribution in [2.75, 3.05) is 11.9 Å². The van der Waals surface area contributed by atoms with Gasteiger partial charge in [0.05, 0.1) is 10.7 Å². The second kappa shape index (κ2) is 4.04. The van der Waals surface area contributed by atoms with E-state index in [1.54, 1.807) is 0 Å². The topological polar surface area (TPSA) is 12.0 Å². The fourth-order valence-corrected chi connectivity index (χ4v) is 1.06. The maximum Gasteiger partial charge on any atom is 0.405 e. The van der Waals surface area contributed by atoms with Gasteiger partial charge in [-0.25, -0.2) is 4.39 Å². The standard InChI is InChI=1S/C8H6ClF4N/c9-6-3-5(10)1-2-7(6)14-4-8(11,12)13/h1-3,14H,4H2. The molecule has 1 rings (SSSR count). The van der Waals surface area contributed by atoms with Gasteiger partial charge < -0.3 is 5.32 Å². The fraction of sp³-hybridized carbons (Fsp3) is 0.250. The first-order valence-corrected chi connectivity index (χ1v) is 4.02. The molecule has 0 spiro atoms. The number of hydrogen-bond acceptors (Lipinski definition) is 1. The molecule has 0 saturated heterocycles. The predicted octanol–water partition coefficient (Wildman–Crippen LogP) is 3.45. The monoisotopic (exact) mass is 227 g/mol. The summed E-state index contributed by atoms with van der Waals surface area (Å²) in [7, 11) is 0. The molecule has 0 atom stereocenters. The third-order valence-corrected chi connectivity index (χ3v) is 1.72. The molecular weight excluding hydrogens is 222 g/mol. The second-order valence-electron chi connectivity index (χ2n) is 2.59. The van der Waals surface area contributed by atoms with Gasteiger partial charge in [-0.2, -0.15) is 13.2 Å². The summed E-state index contributed by atoms with van der Waals surface area (Å²) in [5, 5.41) is 1.98. The summed E-state index contributed by atoms with van der Waals surface area (Å²) < 4.78 is 47.8. The van der Waals surface area contributed by atoms with Crippen LogP contribution in [0.5, 0.6) is 0 Å². The Kier molecular flexibility index (Phi) is 3.21. The maximum absolute atomic E-state index is 12.5. The molecule has 78 valence electrons. The van der Waals surface area contributed by atoms with E-state index in [-0.39, 0.29) is 10.7 Å². The Bertz CT molecular complexity index is 324. The fourth-order valence-electron chi connectivity index (χ4n) is 0.828. The summed E-state index contributed by atoms with van der Waals surface area (Å²) >= 11 is 5.49. The van der Waals surface area contributed by atoms with Crippen molar-refractivity contribution in [2.24, 2.45) is 0 Å². The Morgan fingerprint density at radius 2 is 1.93 bits per heavy atom. The molecule has 0 heterocycles. The van der Waals surface area contributed by atoms with Crippen molar-refractivity contribution in [3.63, 3.8) is 0 Å². The summed E-state index contributed by atoms with van der Waals surface area (Å²) in [6, 6.07) is 3.13. The van der Waals surface area contributed by atoms with Crippen LogP contribution in [-0.2, 0) is 0 Å². The molecule has 1 aromatic carbocycles. The van der Waals surface area contributed by atoms with Gasteiger partial charge >= 0.3 is 6.18 Å². The van der Waals surface area contributed by atoms with Gasteiger partial charge in [0.2, 0.25) is 0 Å². The van der Waals surface area contributed by atoms with E-state index in [2.05, 4.69) is 5.32 Å². The minimum absolute atomic E-state index is 0.0605. The molecule has 0 amide bonds. The van der Waals surface area contributed by atoms with Crippen LogP contribution in [-0.4, -0.2) is 12.7 Å². The van der Waals surface area contributed by atoms with Gasteiger partial charge in [0.15, 0.2) is 0 Å². The highest BCUT2D eigenvalue weighted by molar-refractivity contribution is 6.33. The highest BCUT2D eigenvalue weighted by atomic mass is 35.5. The van der Waals surface area contributed by atoms with Gasteiger partial charge in [-0.3, -0.25) is 0 Å². The first-order chi connectivity index (χ1) is 6.38. The lowest BCUT2D eigenvalue weighted by molar-refractivity contribution is -0.115. The summed E-state index contributed by atoms with van der Waals surface area (Å²) in [6.45, 7) is -1.20. The van der Waals surface area contributed by atoms with Gasteiger partial charge in [-0.15, -0.1) is 0 Å². The van der Waals surface area contributed by atoms with Crippen LogP contribution in [0.2, 0.25) is 5.02 Å². The number of benzene rings is 1. The van der Waals surface area contributed by atoms with E-state index in [4.69, 9.17) is 11.6 Å². The van der Waals surface area contributed by atoms with Gasteiger partial charge in [-0.05, 0) is 18.2 Å². The molecule has 1 N–H and O–H groups in total. The Labute approximate surface area is 82.7 Å². The number of nitrogens with one attached hydrogen (secondary N) is 1. The summed E-state index contributed by atoms with van der Waals surface area (Å²) in [4.78, 5) is 0. The van der Waals surface area contributed by atoms with Gasteiger partial charge in [0.1, 0.15) is 12.4 Å². The van der Waals surface area contributed by atoms with E-state index in [0.717, 1.165) is 18.2 Å². The molecule has 0 unspecified atom stereocenters. The van der Waals surface area contributed by atoms with Crippen molar-refractivity contribution in [2.45, 2.75) is 6.18 Å². The molecule has 0 bridgehead atoms. The lowest BCUT2D eigenvalue weighted by Gasteiger charge is -2.10. The van der Waals surface area contributed by atoms with Crippen LogP contribution in [0.1, 0.15) is 0 Å². The third-order valence-electron chi connectivity index (χ3n) is 1.41. The molecule has 0 radical (unpaired) electrons. The predicted molar refractivity (Wildman–Crippen MR) is 46.0 cm³/mol. The van der Waals surface area contributed by atoms with Crippen LogP contribution in [0.3, 0.4) is 0 Å². The van der Waals surface area contributed by atoms with Crippen molar-refractivity contribution in [3.8, 4) is 0 Å². The van der Waals surface area contributed by atoms with E-state index in [1.807, 2.05) is 0 Å². The highest BCUT2D eigenvalue weighted by Crippen LogP contribution is 2.24. The molecular formula is C8H6ClF4N. The highest BCUT2D eigenvalue weighted by Gasteiger charge is 2.26. The molecule has 0 saturated carbocycles. The molecule has 6 heteroatoms. The van der Waals surface area contributed by atoms with Crippen molar-refractivity contribution in [1.82, 2.24) is 0 Å². The lowest BCUT2D eigenvalue weighted by Crippen LogP contribution is -2.21. The van der Waals surface area contributed by atoms with Gasteiger partial charge in [0.25, 0.3) is 0 Å². The minimum Gasteiger partial charge on any atom is -0.375 e. The number of anilines is 1. The van der Waals surface area contributed by atoms with Crippen LogP contribution >= 0.6 is 11.6 Å². The van der Waals surface area contributed by atoms with Crippen LogP contribution in [0.15, 0.2) is 18.2 Å². The molecule has 1 aromatic rings. The second-order valence-corrected chi connectivity index (χ2v) is 3.00. The molecule has 0 aliphatic carbocycles. The van der Waals surface area contributed by atoms with Crippen molar-refractivity contribution in [1.29, 1.82) is 0 Å².